The topological polar surface area (TPSA) is 38.3 Å². The van der Waals surface area contributed by atoms with Gasteiger partial charge in [0.15, 0.2) is 6.10 Å². The monoisotopic (exact) mass is 389 g/mol. The SMILES string of the molecule is Cc1ccc(NC(=O)C(C)Oc2ccc(C(C)C)c(C)c2)c(Br)c1. The van der Waals surface area contributed by atoms with Crippen molar-refractivity contribution in [3.63, 3.8) is 0 Å². The molecular formula is C20H24BrNO2. The van der Waals surface area contributed by atoms with Gasteiger partial charge in [0.2, 0.25) is 0 Å². The molecule has 0 aliphatic rings. The van der Waals surface area contributed by atoms with Crippen molar-refractivity contribution in [3.8, 4) is 5.75 Å². The van der Waals surface area contributed by atoms with E-state index >= 15 is 0 Å². The first-order valence-corrected chi connectivity index (χ1v) is 8.91. The average molecular weight is 390 g/mol. The quantitative estimate of drug-likeness (QED) is 0.722. The summed E-state index contributed by atoms with van der Waals surface area (Å²) in [6.45, 7) is 10.2. The number of nitrogens with one attached hydrogen (secondary N) is 1. The molecule has 128 valence electrons. The number of anilines is 1. The van der Waals surface area contributed by atoms with Crippen LogP contribution in [0.2, 0.25) is 0 Å². The fraction of sp³-hybridized carbons (Fsp3) is 0.350. The second-order valence-electron chi connectivity index (χ2n) is 6.41. The molecule has 0 saturated heterocycles. The Bertz CT molecular complexity index is 740. The number of carbonyl (C=O) groups excluding carboxylic acids is 1. The maximum absolute atomic E-state index is 12.4. The highest BCUT2D eigenvalue weighted by atomic mass is 79.9. The molecule has 0 fully saturated rings. The maximum atomic E-state index is 12.4. The molecule has 0 aromatic heterocycles. The van der Waals surface area contributed by atoms with Crippen LogP contribution in [0.4, 0.5) is 5.69 Å². The van der Waals surface area contributed by atoms with E-state index in [1.54, 1.807) is 6.92 Å². The Hall–Kier alpha value is -1.81. The van der Waals surface area contributed by atoms with Crippen molar-refractivity contribution in [1.82, 2.24) is 0 Å². The number of benzene rings is 2. The molecule has 0 aliphatic carbocycles. The minimum Gasteiger partial charge on any atom is -0.481 e. The van der Waals surface area contributed by atoms with Gasteiger partial charge in [0.1, 0.15) is 5.75 Å². The molecule has 1 unspecified atom stereocenters. The number of halogens is 1. The Labute approximate surface area is 152 Å². The lowest BCUT2D eigenvalue weighted by Gasteiger charge is -2.17. The summed E-state index contributed by atoms with van der Waals surface area (Å²) in [7, 11) is 0. The highest BCUT2D eigenvalue weighted by Crippen LogP contribution is 2.25. The zero-order chi connectivity index (χ0) is 17.9. The fourth-order valence-electron chi connectivity index (χ4n) is 2.58. The summed E-state index contributed by atoms with van der Waals surface area (Å²) in [6, 6.07) is 11.8. The van der Waals surface area contributed by atoms with Crippen molar-refractivity contribution in [2.24, 2.45) is 0 Å². The van der Waals surface area contributed by atoms with Crippen molar-refractivity contribution in [1.29, 1.82) is 0 Å². The van der Waals surface area contributed by atoms with Crippen molar-refractivity contribution >= 4 is 27.5 Å². The third-order valence-electron chi connectivity index (χ3n) is 3.93. The molecule has 4 heteroatoms. The van der Waals surface area contributed by atoms with Crippen LogP contribution >= 0.6 is 15.9 Å². The van der Waals surface area contributed by atoms with Crippen LogP contribution in [0.3, 0.4) is 0 Å². The lowest BCUT2D eigenvalue weighted by Crippen LogP contribution is -2.30. The van der Waals surface area contributed by atoms with Gasteiger partial charge in [-0.2, -0.15) is 0 Å². The van der Waals surface area contributed by atoms with Crippen molar-refractivity contribution in [2.75, 3.05) is 5.32 Å². The van der Waals surface area contributed by atoms with Gasteiger partial charge < -0.3 is 10.1 Å². The largest absolute Gasteiger partial charge is 0.481 e. The zero-order valence-corrected chi connectivity index (χ0v) is 16.4. The second-order valence-corrected chi connectivity index (χ2v) is 7.26. The number of hydrogen-bond donors (Lipinski definition) is 1. The molecule has 24 heavy (non-hydrogen) atoms. The number of amides is 1. The molecule has 0 bridgehead atoms. The number of aryl methyl sites for hydroxylation is 2. The van der Waals surface area contributed by atoms with Gasteiger partial charge in [-0.3, -0.25) is 4.79 Å². The molecule has 0 saturated carbocycles. The van der Waals surface area contributed by atoms with Gasteiger partial charge >= 0.3 is 0 Å². The predicted molar refractivity (Wildman–Crippen MR) is 103 cm³/mol. The molecule has 0 spiro atoms. The van der Waals surface area contributed by atoms with E-state index < -0.39 is 6.10 Å². The lowest BCUT2D eigenvalue weighted by atomic mass is 9.98. The summed E-state index contributed by atoms with van der Waals surface area (Å²) in [6.07, 6.45) is -0.581. The molecule has 0 radical (unpaired) electrons. The summed E-state index contributed by atoms with van der Waals surface area (Å²) in [4.78, 5) is 12.4. The van der Waals surface area contributed by atoms with Crippen LogP contribution < -0.4 is 10.1 Å². The first-order valence-electron chi connectivity index (χ1n) is 8.12. The Morgan fingerprint density at radius 1 is 1.08 bits per heavy atom. The molecule has 0 heterocycles. The Morgan fingerprint density at radius 3 is 2.38 bits per heavy atom. The standard InChI is InChI=1S/C20H24BrNO2/c1-12(2)17-8-7-16(11-14(17)4)24-15(5)20(23)22-19-9-6-13(3)10-18(19)21/h6-12,15H,1-5H3,(H,22,23). The van der Waals surface area contributed by atoms with Gasteiger partial charge in [-0.25, -0.2) is 0 Å². The van der Waals surface area contributed by atoms with Crippen LogP contribution in [0.5, 0.6) is 5.75 Å². The maximum Gasteiger partial charge on any atom is 0.265 e. The normalized spacial score (nSPS) is 12.1. The Balaban J connectivity index is 2.05. The summed E-state index contributed by atoms with van der Waals surface area (Å²) >= 11 is 3.47. The minimum atomic E-state index is -0.581. The number of carbonyl (C=O) groups is 1. The second kappa shape index (κ2) is 7.84. The average Bonchev–Trinajstić information content (AvgIpc) is 2.49. The van der Waals surface area contributed by atoms with Crippen molar-refractivity contribution < 1.29 is 9.53 Å². The van der Waals surface area contributed by atoms with Crippen LogP contribution in [0.15, 0.2) is 40.9 Å². The number of hydrogen-bond acceptors (Lipinski definition) is 2. The molecule has 1 N–H and O–H groups in total. The van der Waals surface area contributed by atoms with Gasteiger partial charge in [0.05, 0.1) is 5.69 Å². The van der Waals surface area contributed by atoms with Crippen LogP contribution in [-0.2, 0) is 4.79 Å². The lowest BCUT2D eigenvalue weighted by molar-refractivity contribution is -0.122. The predicted octanol–water partition coefficient (Wildman–Crippen LogP) is 5.60. The highest BCUT2D eigenvalue weighted by Gasteiger charge is 2.16. The summed E-state index contributed by atoms with van der Waals surface area (Å²) in [5, 5.41) is 2.89. The third kappa shape index (κ3) is 4.60. The third-order valence-corrected chi connectivity index (χ3v) is 4.58. The van der Waals surface area contributed by atoms with Crippen LogP contribution in [0.25, 0.3) is 0 Å². The summed E-state index contributed by atoms with van der Waals surface area (Å²) in [5.41, 5.74) is 4.34. The van der Waals surface area contributed by atoms with E-state index in [1.807, 2.05) is 37.3 Å². The highest BCUT2D eigenvalue weighted by molar-refractivity contribution is 9.10. The smallest absolute Gasteiger partial charge is 0.265 e. The first-order chi connectivity index (χ1) is 11.3. The molecular weight excluding hydrogens is 366 g/mol. The van der Waals surface area contributed by atoms with E-state index in [-0.39, 0.29) is 5.91 Å². The van der Waals surface area contributed by atoms with Gasteiger partial charge in [-0.15, -0.1) is 0 Å². The van der Waals surface area contributed by atoms with Gasteiger partial charge in [-0.1, -0.05) is 26.0 Å². The Kier molecular flexibility index (Phi) is 6.05. The molecule has 2 aromatic rings. The summed E-state index contributed by atoms with van der Waals surface area (Å²) < 4.78 is 6.66. The molecule has 2 rings (SSSR count). The van der Waals surface area contributed by atoms with Crippen molar-refractivity contribution in [3.05, 3.63) is 57.6 Å². The van der Waals surface area contributed by atoms with Gasteiger partial charge in [0.25, 0.3) is 5.91 Å². The van der Waals surface area contributed by atoms with E-state index in [1.165, 1.54) is 11.1 Å². The van der Waals surface area contributed by atoms with Crippen LogP contribution in [-0.4, -0.2) is 12.0 Å². The number of rotatable bonds is 5. The van der Waals surface area contributed by atoms with Crippen LogP contribution in [0.1, 0.15) is 43.4 Å². The van der Waals surface area contributed by atoms with E-state index in [4.69, 9.17) is 4.74 Å². The molecule has 1 atom stereocenters. The fourth-order valence-corrected chi connectivity index (χ4v) is 3.18. The van der Waals surface area contributed by atoms with Crippen molar-refractivity contribution in [2.45, 2.75) is 46.6 Å². The first kappa shape index (κ1) is 18.5. The van der Waals surface area contributed by atoms with Crippen LogP contribution in [0, 0.1) is 13.8 Å². The van der Waals surface area contributed by atoms with E-state index in [9.17, 15) is 4.79 Å². The molecule has 1 amide bonds. The zero-order valence-electron chi connectivity index (χ0n) is 14.8. The van der Waals surface area contributed by atoms with Gasteiger partial charge in [0, 0.05) is 4.47 Å². The number of ether oxygens (including phenoxy) is 1. The van der Waals surface area contributed by atoms with E-state index in [2.05, 4.69) is 48.1 Å². The van der Waals surface area contributed by atoms with Gasteiger partial charge in [-0.05, 0) is 83.6 Å². The molecule has 3 nitrogen and oxygen atoms in total. The molecule has 2 aromatic carbocycles. The minimum absolute atomic E-state index is 0.176. The van der Waals surface area contributed by atoms with E-state index in [0.717, 1.165) is 15.7 Å². The van der Waals surface area contributed by atoms with E-state index in [0.29, 0.717) is 11.7 Å². The summed E-state index contributed by atoms with van der Waals surface area (Å²) in [5.74, 6) is 1.01. The molecule has 0 aliphatic heterocycles. The Morgan fingerprint density at radius 2 is 1.79 bits per heavy atom.